The molecule has 1 aliphatic rings. The van der Waals surface area contributed by atoms with Crippen molar-refractivity contribution in [3.63, 3.8) is 0 Å². The Kier molecular flexibility index (Phi) is 4.13. The van der Waals surface area contributed by atoms with Crippen LogP contribution in [0.3, 0.4) is 0 Å². The summed E-state index contributed by atoms with van der Waals surface area (Å²) in [6.45, 7) is 0.177. The van der Waals surface area contributed by atoms with E-state index < -0.39 is 11.7 Å². The summed E-state index contributed by atoms with van der Waals surface area (Å²) < 4.78 is 50.8. The van der Waals surface area contributed by atoms with Crippen molar-refractivity contribution >= 4 is 17.2 Å². The van der Waals surface area contributed by atoms with Crippen molar-refractivity contribution in [1.82, 2.24) is 20.0 Å². The molecule has 0 bridgehead atoms. The molecule has 7 nitrogen and oxygen atoms in total. The summed E-state index contributed by atoms with van der Waals surface area (Å²) in [6, 6.07) is 10.2. The monoisotopic (exact) mass is 431 g/mol. The summed E-state index contributed by atoms with van der Waals surface area (Å²) in [5, 5.41) is 10.3. The third kappa shape index (κ3) is 3.12. The van der Waals surface area contributed by atoms with Crippen LogP contribution in [0.4, 0.5) is 19.0 Å². The van der Waals surface area contributed by atoms with Gasteiger partial charge in [0, 0.05) is 10.9 Å². The Morgan fingerprint density at radius 2 is 1.90 bits per heavy atom. The Hall–Kier alpha value is -3.60. The molecule has 0 fully saturated rings. The third-order valence-corrected chi connectivity index (χ3v) is 5.35. The molecule has 30 heavy (non-hydrogen) atoms. The summed E-state index contributed by atoms with van der Waals surface area (Å²) in [5.41, 5.74) is 7.30. The molecule has 4 aromatic rings. The summed E-state index contributed by atoms with van der Waals surface area (Å²) in [7, 11) is 0. The summed E-state index contributed by atoms with van der Waals surface area (Å²) >= 11 is 1.30. The molecule has 2 aromatic heterocycles. The highest BCUT2D eigenvalue weighted by atomic mass is 32.1. The van der Waals surface area contributed by atoms with E-state index in [1.165, 1.54) is 23.5 Å². The van der Waals surface area contributed by atoms with E-state index in [0.717, 1.165) is 22.4 Å². The molecule has 0 radical (unpaired) electrons. The van der Waals surface area contributed by atoms with Crippen molar-refractivity contribution in [2.45, 2.75) is 6.18 Å². The highest BCUT2D eigenvalue weighted by Gasteiger charge is 2.31. The number of hydrogen-bond acceptors (Lipinski definition) is 7. The maximum absolute atomic E-state index is 13.0. The maximum atomic E-state index is 13.0. The quantitative estimate of drug-likeness (QED) is 0.518. The van der Waals surface area contributed by atoms with Gasteiger partial charge in [-0.15, -0.1) is 16.4 Å². The van der Waals surface area contributed by atoms with Crippen molar-refractivity contribution in [2.75, 3.05) is 12.5 Å². The van der Waals surface area contributed by atoms with Crippen LogP contribution in [0.15, 0.2) is 47.8 Å². The predicted octanol–water partition coefficient (Wildman–Crippen LogP) is 4.39. The number of nitrogens with two attached hydrogens (primary N) is 1. The minimum absolute atomic E-state index is 0.0981. The number of aromatic nitrogens is 4. The van der Waals surface area contributed by atoms with Crippen LogP contribution in [0.2, 0.25) is 0 Å². The van der Waals surface area contributed by atoms with E-state index in [-0.39, 0.29) is 18.3 Å². The number of hydrogen-bond donors (Lipinski definition) is 1. The third-order valence-electron chi connectivity index (χ3n) is 4.50. The normalized spacial score (nSPS) is 13.0. The van der Waals surface area contributed by atoms with Crippen molar-refractivity contribution in [2.24, 2.45) is 0 Å². The minimum atomic E-state index is -4.47. The first-order valence-electron chi connectivity index (χ1n) is 8.65. The van der Waals surface area contributed by atoms with Gasteiger partial charge < -0.3 is 15.2 Å². The lowest BCUT2D eigenvalue weighted by molar-refractivity contribution is -0.137. The van der Waals surface area contributed by atoms with Gasteiger partial charge in [0.25, 0.3) is 0 Å². The molecule has 0 amide bonds. The summed E-state index contributed by atoms with van der Waals surface area (Å²) in [6.07, 6.45) is -4.47. The van der Waals surface area contributed by atoms with Crippen molar-refractivity contribution < 1.29 is 22.6 Å². The molecule has 11 heteroatoms. The van der Waals surface area contributed by atoms with E-state index in [9.17, 15) is 13.2 Å². The first-order valence-corrected chi connectivity index (χ1v) is 9.53. The number of fused-ring (bicyclic) bond motifs is 1. The number of rotatable bonds is 3. The lowest BCUT2D eigenvalue weighted by Crippen LogP contribution is -2.08. The predicted molar refractivity (Wildman–Crippen MR) is 103 cm³/mol. The van der Waals surface area contributed by atoms with E-state index >= 15 is 0 Å². The summed E-state index contributed by atoms with van der Waals surface area (Å²) in [5.74, 6) is 1.40. The average Bonchev–Trinajstić information content (AvgIpc) is 3.46. The fraction of sp³-hybridized carbons (Fsp3) is 0.105. The topological polar surface area (TPSA) is 88.1 Å². The molecule has 2 aromatic carbocycles. The van der Waals surface area contributed by atoms with Crippen LogP contribution in [0.1, 0.15) is 5.56 Å². The van der Waals surface area contributed by atoms with Gasteiger partial charge in [-0.3, -0.25) is 0 Å². The van der Waals surface area contributed by atoms with Crippen molar-refractivity contribution in [1.29, 1.82) is 0 Å². The first kappa shape index (κ1) is 18.4. The number of nitrogens with zero attached hydrogens (tertiary/aromatic N) is 4. The second kappa shape index (κ2) is 6.73. The number of alkyl halides is 3. The van der Waals surface area contributed by atoms with Crippen LogP contribution in [0.25, 0.3) is 27.6 Å². The van der Waals surface area contributed by atoms with Gasteiger partial charge in [0.2, 0.25) is 6.79 Å². The molecule has 0 saturated heterocycles. The van der Waals surface area contributed by atoms with Gasteiger partial charge in [-0.25, -0.2) is 4.98 Å². The largest absolute Gasteiger partial charge is 0.454 e. The number of anilines is 1. The Morgan fingerprint density at radius 3 is 2.73 bits per heavy atom. The molecule has 0 aliphatic carbocycles. The molecule has 5 rings (SSSR count). The van der Waals surface area contributed by atoms with Gasteiger partial charge in [0.05, 0.1) is 16.9 Å². The minimum Gasteiger partial charge on any atom is -0.454 e. The average molecular weight is 431 g/mol. The van der Waals surface area contributed by atoms with Crippen molar-refractivity contribution in [3.05, 3.63) is 53.4 Å². The maximum Gasteiger partial charge on any atom is 0.416 e. The fourth-order valence-corrected chi connectivity index (χ4v) is 3.84. The van der Waals surface area contributed by atoms with E-state index in [4.69, 9.17) is 15.2 Å². The highest BCUT2D eigenvalue weighted by Crippen LogP contribution is 2.38. The Labute approximate surface area is 171 Å². The second-order valence-electron chi connectivity index (χ2n) is 6.39. The smallest absolute Gasteiger partial charge is 0.416 e. The van der Waals surface area contributed by atoms with E-state index in [2.05, 4.69) is 15.3 Å². The number of thiazole rings is 1. The van der Waals surface area contributed by atoms with Crippen LogP contribution < -0.4 is 15.2 Å². The lowest BCUT2D eigenvalue weighted by Gasteiger charge is -2.09. The van der Waals surface area contributed by atoms with E-state index in [1.54, 1.807) is 6.07 Å². The molecule has 152 valence electrons. The molecule has 0 saturated carbocycles. The van der Waals surface area contributed by atoms with Crippen molar-refractivity contribution in [3.8, 4) is 39.1 Å². The Balaban J connectivity index is 1.48. The van der Waals surface area contributed by atoms with Crippen LogP contribution in [0, 0.1) is 0 Å². The number of halogens is 3. The molecule has 0 unspecified atom stereocenters. The molecular formula is C19H12F3N5O2S. The zero-order valence-corrected chi connectivity index (χ0v) is 15.9. The second-order valence-corrected chi connectivity index (χ2v) is 7.25. The Bertz CT molecular complexity index is 1250. The SMILES string of the molecule is Nc1c(-c2nc(-c3ccc4c(c3)OCO4)cs2)nnn1-c1cccc(C(F)(F)F)c1. The van der Waals surface area contributed by atoms with Crippen LogP contribution >= 0.6 is 11.3 Å². The first-order chi connectivity index (χ1) is 14.4. The van der Waals surface area contributed by atoms with E-state index in [1.807, 2.05) is 17.5 Å². The van der Waals surface area contributed by atoms with Crippen LogP contribution in [0.5, 0.6) is 11.5 Å². The van der Waals surface area contributed by atoms with Gasteiger partial charge in [-0.05, 0) is 36.4 Å². The van der Waals surface area contributed by atoms with Gasteiger partial charge >= 0.3 is 6.18 Å². The van der Waals surface area contributed by atoms with Crippen LogP contribution in [-0.4, -0.2) is 26.8 Å². The van der Waals surface area contributed by atoms with Gasteiger partial charge in [0.15, 0.2) is 23.0 Å². The highest BCUT2D eigenvalue weighted by molar-refractivity contribution is 7.13. The summed E-state index contributed by atoms with van der Waals surface area (Å²) in [4.78, 5) is 4.55. The molecule has 3 heterocycles. The molecule has 1 aliphatic heterocycles. The lowest BCUT2D eigenvalue weighted by atomic mass is 10.1. The van der Waals surface area contributed by atoms with Gasteiger partial charge in [0.1, 0.15) is 5.01 Å². The zero-order valence-electron chi connectivity index (χ0n) is 15.1. The number of benzene rings is 2. The molecule has 0 atom stereocenters. The molecule has 2 N–H and O–H groups in total. The number of nitrogen functional groups attached to an aromatic ring is 1. The van der Waals surface area contributed by atoms with Gasteiger partial charge in [-0.2, -0.15) is 17.9 Å². The standard InChI is InChI=1S/C19H12F3N5O2S/c20-19(21,22)11-2-1-3-12(7-11)27-17(23)16(25-26-27)18-24-13(8-30-18)10-4-5-14-15(6-10)29-9-28-14/h1-8H,9,23H2. The Morgan fingerprint density at radius 1 is 1.07 bits per heavy atom. The molecular weight excluding hydrogens is 419 g/mol. The van der Waals surface area contributed by atoms with Gasteiger partial charge in [-0.1, -0.05) is 11.3 Å². The fourth-order valence-electron chi connectivity index (χ4n) is 3.02. The van der Waals surface area contributed by atoms with E-state index in [0.29, 0.717) is 27.9 Å². The number of ether oxygens (including phenoxy) is 2. The zero-order chi connectivity index (χ0) is 20.9. The van der Waals surface area contributed by atoms with Crippen LogP contribution in [-0.2, 0) is 6.18 Å². The molecule has 0 spiro atoms.